The summed E-state index contributed by atoms with van der Waals surface area (Å²) in [6, 6.07) is 2.12. The van der Waals surface area contributed by atoms with Gasteiger partial charge in [0, 0.05) is 25.6 Å². The quantitative estimate of drug-likeness (QED) is 0.183. The Morgan fingerprint density at radius 1 is 1.16 bits per heavy atom. The van der Waals surface area contributed by atoms with Gasteiger partial charge in [-0.2, -0.15) is 0 Å². The molecule has 2 heterocycles. The Labute approximate surface area is 215 Å². The van der Waals surface area contributed by atoms with Crippen LogP contribution in [-0.2, 0) is 18.9 Å². The largest absolute Gasteiger partial charge is 0.524 e. The maximum atomic E-state index is 12.9. The molecule has 0 aromatic heterocycles. The van der Waals surface area contributed by atoms with Crippen molar-refractivity contribution in [1.29, 1.82) is 0 Å². The number of phenols is 1. The zero-order chi connectivity index (χ0) is 26.8. The average Bonchev–Trinajstić information content (AvgIpc) is 2.81. The van der Waals surface area contributed by atoms with Crippen LogP contribution in [0.4, 0.5) is 0 Å². The minimum absolute atomic E-state index is 0.0614. The number of aromatic hydroxyl groups is 1. The topological polar surface area (TPSA) is 155 Å². The molecule has 0 unspecified atom stereocenters. The first-order valence-corrected chi connectivity index (χ1v) is 13.7. The number of hydroxylamine groups is 1. The van der Waals surface area contributed by atoms with Gasteiger partial charge < -0.3 is 19.3 Å². The molecule has 1 saturated heterocycles. The molecule has 4 N–H and O–H groups in total. The number of cyclic esters (lactones) is 1. The Kier molecular flexibility index (Phi) is 10.3. The number of benzene rings is 1. The molecule has 1 amide bonds. The number of hydrogen-bond donors (Lipinski definition) is 4. The summed E-state index contributed by atoms with van der Waals surface area (Å²) in [5.74, 6) is -1.92. The number of carbonyl (C=O) groups excluding carboxylic acids is 2. The molecule has 11 nitrogen and oxygen atoms in total. The fourth-order valence-corrected chi connectivity index (χ4v) is 4.32. The third kappa shape index (κ3) is 9.36. The fourth-order valence-electron chi connectivity index (χ4n) is 3.94. The van der Waals surface area contributed by atoms with Gasteiger partial charge in [-0.15, -0.1) is 0 Å². The minimum Gasteiger partial charge on any atom is -0.507 e. The summed E-state index contributed by atoms with van der Waals surface area (Å²) in [5.41, 5.74) is 2.87. The number of esters is 1. The Morgan fingerprint density at radius 2 is 1.89 bits per heavy atom. The maximum Gasteiger partial charge on any atom is 0.524 e. The number of allylic oxidation sites excluding steroid dienone is 3. The van der Waals surface area contributed by atoms with Gasteiger partial charge in [-0.1, -0.05) is 18.2 Å². The highest BCUT2D eigenvalue weighted by molar-refractivity contribution is 7.46. The number of likely N-dealkylation sites (tertiary alicyclic amines) is 1. The Balaban J connectivity index is 1.92. The van der Waals surface area contributed by atoms with Gasteiger partial charge in [-0.3, -0.25) is 24.9 Å². The lowest BCUT2D eigenvalue weighted by molar-refractivity contribution is -0.139. The third-order valence-electron chi connectivity index (χ3n) is 5.70. The molecule has 12 heteroatoms. The van der Waals surface area contributed by atoms with Gasteiger partial charge in [-0.25, -0.2) is 9.36 Å². The number of phenolic OH excluding ortho intramolecular Hbond substituents is 1. The van der Waals surface area contributed by atoms with Gasteiger partial charge >= 0.3 is 13.8 Å². The number of rotatable bonds is 6. The summed E-state index contributed by atoms with van der Waals surface area (Å²) in [7, 11) is -4.94. The second-order valence-electron chi connectivity index (χ2n) is 8.82. The van der Waals surface area contributed by atoms with E-state index in [1.807, 2.05) is 18.2 Å². The van der Waals surface area contributed by atoms with E-state index in [4.69, 9.17) is 9.57 Å². The number of nitrogens with one attached hydrogen (secondary N) is 1. The molecule has 37 heavy (non-hydrogen) atoms. The van der Waals surface area contributed by atoms with Crippen LogP contribution in [0, 0.1) is 0 Å². The molecule has 0 radical (unpaired) electrons. The number of carbonyl (C=O) groups is 2. The molecule has 1 aromatic rings. The van der Waals surface area contributed by atoms with Crippen molar-refractivity contribution in [2.24, 2.45) is 0 Å². The summed E-state index contributed by atoms with van der Waals surface area (Å²) >= 11 is 0. The number of fused-ring (bicyclic) bond motifs is 1. The van der Waals surface area contributed by atoms with E-state index in [0.29, 0.717) is 31.6 Å². The van der Waals surface area contributed by atoms with Crippen molar-refractivity contribution in [2.45, 2.75) is 51.6 Å². The fraction of sp³-hybridized carbons (Fsp3) is 0.440. The number of amides is 1. The van der Waals surface area contributed by atoms with Crippen LogP contribution < -0.4 is 10.0 Å². The molecule has 2 aliphatic heterocycles. The molecular weight excluding hydrogens is 503 g/mol. The van der Waals surface area contributed by atoms with Crippen LogP contribution in [0.2, 0.25) is 0 Å². The molecule has 1 fully saturated rings. The normalized spacial score (nSPS) is 21.6. The summed E-state index contributed by atoms with van der Waals surface area (Å²) in [5, 5.41) is 10.6. The van der Waals surface area contributed by atoms with Crippen molar-refractivity contribution >= 4 is 25.8 Å². The van der Waals surface area contributed by atoms with Crippen LogP contribution in [0.25, 0.3) is 6.08 Å². The number of phosphoric acid groups is 1. The predicted molar refractivity (Wildman–Crippen MR) is 135 cm³/mol. The summed E-state index contributed by atoms with van der Waals surface area (Å²) in [6.07, 6.45) is 13.3. The number of ether oxygens (including phenoxy) is 1. The number of hydrogen-bond acceptors (Lipinski definition) is 8. The molecule has 3 rings (SSSR count). The SMILES string of the molecule is C[C@@H]1CC=CCC/C=C/C(NOCC(=O)N2CCCCC2)=C/c2cc(OP(=O)(O)O)cc(O)c2C(=O)O1. The number of phosphoric ester groups is 1. The highest BCUT2D eigenvalue weighted by atomic mass is 31.2. The van der Waals surface area contributed by atoms with Crippen molar-refractivity contribution in [1.82, 2.24) is 10.4 Å². The molecule has 1 atom stereocenters. The Bertz CT molecular complexity index is 1100. The standard InChI is InChI=1S/C25H33N2O9P/c1-18-10-6-3-2-4-7-11-20(26-34-17-23(29)27-12-8-5-9-13-27)14-19-15-21(36-37(31,32)33)16-22(28)24(19)25(30)35-18/h3,6-7,11,14-16,18,26,28H,2,4-5,8-10,12-13,17H2,1H3,(H2,31,32,33)/b6-3?,11-7+,20-14-/t18-/m1/s1. The van der Waals surface area contributed by atoms with Crippen LogP contribution >= 0.6 is 7.82 Å². The van der Waals surface area contributed by atoms with Crippen molar-refractivity contribution < 1.29 is 43.1 Å². The van der Waals surface area contributed by atoms with E-state index < -0.39 is 25.6 Å². The van der Waals surface area contributed by atoms with Crippen LogP contribution in [-0.4, -0.2) is 57.5 Å². The van der Waals surface area contributed by atoms with E-state index in [1.165, 1.54) is 12.1 Å². The van der Waals surface area contributed by atoms with E-state index in [2.05, 4.69) is 10.0 Å². The summed E-state index contributed by atoms with van der Waals surface area (Å²) in [6.45, 7) is 2.88. The lowest BCUT2D eigenvalue weighted by atomic mass is 10.0. The molecule has 1 aromatic carbocycles. The molecule has 202 valence electrons. The Hall–Kier alpha value is -3.11. The highest BCUT2D eigenvalue weighted by Gasteiger charge is 2.24. The van der Waals surface area contributed by atoms with E-state index in [-0.39, 0.29) is 29.4 Å². The number of piperidine rings is 1. The third-order valence-corrected chi connectivity index (χ3v) is 6.14. The zero-order valence-corrected chi connectivity index (χ0v) is 21.6. The second kappa shape index (κ2) is 13.4. The summed E-state index contributed by atoms with van der Waals surface area (Å²) < 4.78 is 21.5. The smallest absolute Gasteiger partial charge is 0.507 e. The average molecular weight is 537 g/mol. The van der Waals surface area contributed by atoms with E-state index in [1.54, 1.807) is 17.9 Å². The van der Waals surface area contributed by atoms with Crippen molar-refractivity contribution in [2.75, 3.05) is 19.7 Å². The van der Waals surface area contributed by atoms with Crippen molar-refractivity contribution in [3.8, 4) is 11.5 Å². The first-order chi connectivity index (χ1) is 17.6. The molecular formula is C25H33N2O9P. The molecule has 0 spiro atoms. The van der Waals surface area contributed by atoms with Gasteiger partial charge in [0.05, 0.1) is 5.70 Å². The first kappa shape index (κ1) is 28.5. The van der Waals surface area contributed by atoms with Crippen LogP contribution in [0.5, 0.6) is 11.5 Å². The lowest BCUT2D eigenvalue weighted by Crippen LogP contribution is -2.39. The number of nitrogens with zero attached hydrogens (tertiary/aromatic N) is 1. The minimum atomic E-state index is -4.94. The van der Waals surface area contributed by atoms with E-state index >= 15 is 0 Å². The maximum absolute atomic E-state index is 12.9. The lowest BCUT2D eigenvalue weighted by Gasteiger charge is -2.26. The molecule has 2 aliphatic rings. The van der Waals surface area contributed by atoms with Gasteiger partial charge in [0.2, 0.25) is 0 Å². The van der Waals surface area contributed by atoms with Gasteiger partial charge in [0.25, 0.3) is 5.91 Å². The van der Waals surface area contributed by atoms with Crippen molar-refractivity contribution in [3.63, 3.8) is 0 Å². The van der Waals surface area contributed by atoms with Crippen molar-refractivity contribution in [3.05, 3.63) is 53.3 Å². The van der Waals surface area contributed by atoms with Crippen LogP contribution in [0.1, 0.15) is 61.4 Å². The van der Waals surface area contributed by atoms with Crippen LogP contribution in [0.3, 0.4) is 0 Å². The predicted octanol–water partition coefficient (Wildman–Crippen LogP) is 3.58. The van der Waals surface area contributed by atoms with Crippen LogP contribution in [0.15, 0.2) is 42.1 Å². The highest BCUT2D eigenvalue weighted by Crippen LogP contribution is 2.40. The van der Waals surface area contributed by atoms with E-state index in [9.17, 15) is 29.0 Å². The molecule has 0 saturated carbocycles. The summed E-state index contributed by atoms with van der Waals surface area (Å²) in [4.78, 5) is 51.0. The monoisotopic (exact) mass is 536 g/mol. The van der Waals surface area contributed by atoms with Gasteiger partial charge in [-0.05, 0) is 62.8 Å². The van der Waals surface area contributed by atoms with E-state index in [0.717, 1.165) is 31.7 Å². The second-order valence-corrected chi connectivity index (χ2v) is 9.99. The zero-order valence-electron chi connectivity index (χ0n) is 20.7. The van der Waals surface area contributed by atoms with Gasteiger partial charge in [0.15, 0.2) is 6.61 Å². The first-order valence-electron chi connectivity index (χ1n) is 12.1. The Morgan fingerprint density at radius 3 is 2.62 bits per heavy atom. The molecule has 0 bridgehead atoms. The van der Waals surface area contributed by atoms with Gasteiger partial charge in [0.1, 0.15) is 23.2 Å². The molecule has 0 aliphatic carbocycles.